The Kier molecular flexibility index (Phi) is 12.4. The molecular formula is C27H36N2O4. The molecule has 0 amide bonds. The van der Waals surface area contributed by atoms with Gasteiger partial charge in [-0.05, 0) is 87.6 Å². The van der Waals surface area contributed by atoms with E-state index in [1.807, 2.05) is 48.5 Å². The van der Waals surface area contributed by atoms with Crippen LogP contribution < -0.4 is 9.47 Å². The lowest BCUT2D eigenvalue weighted by Crippen LogP contribution is -2.06. The molecule has 2 rings (SSSR count). The van der Waals surface area contributed by atoms with Gasteiger partial charge in [0.25, 0.3) is 0 Å². The van der Waals surface area contributed by atoms with Gasteiger partial charge in [0.15, 0.2) is 0 Å². The highest BCUT2D eigenvalue weighted by Gasteiger charge is 2.02. The van der Waals surface area contributed by atoms with Crippen LogP contribution in [-0.2, 0) is 9.53 Å². The SMILES string of the molecule is C=C(C)C(=O)OCCCCCCOc1ccc(N=Nc2ccc(OCCCCC)cc2)cc1. The van der Waals surface area contributed by atoms with Crippen LogP contribution in [0.4, 0.5) is 11.4 Å². The molecule has 6 heteroatoms. The smallest absolute Gasteiger partial charge is 0.333 e. The highest BCUT2D eigenvalue weighted by atomic mass is 16.5. The lowest BCUT2D eigenvalue weighted by atomic mass is 10.2. The third kappa shape index (κ3) is 11.3. The molecule has 2 aromatic carbocycles. The summed E-state index contributed by atoms with van der Waals surface area (Å²) in [6.45, 7) is 9.24. The first kappa shape index (κ1) is 26.1. The van der Waals surface area contributed by atoms with Crippen LogP contribution in [0.3, 0.4) is 0 Å². The van der Waals surface area contributed by atoms with Gasteiger partial charge in [-0.1, -0.05) is 26.3 Å². The van der Waals surface area contributed by atoms with E-state index in [9.17, 15) is 4.79 Å². The Balaban J connectivity index is 1.62. The molecule has 2 aromatic rings. The fourth-order valence-corrected chi connectivity index (χ4v) is 2.91. The fraction of sp³-hybridized carbons (Fsp3) is 0.444. The normalized spacial score (nSPS) is 10.8. The zero-order valence-electron chi connectivity index (χ0n) is 19.9. The molecule has 0 aliphatic carbocycles. The van der Waals surface area contributed by atoms with Crippen LogP contribution in [0.15, 0.2) is 70.9 Å². The van der Waals surface area contributed by atoms with Gasteiger partial charge in [-0.15, -0.1) is 0 Å². The van der Waals surface area contributed by atoms with Crippen molar-refractivity contribution in [2.75, 3.05) is 19.8 Å². The zero-order chi connectivity index (χ0) is 23.7. The van der Waals surface area contributed by atoms with Gasteiger partial charge in [0.2, 0.25) is 0 Å². The fourth-order valence-electron chi connectivity index (χ4n) is 2.91. The van der Waals surface area contributed by atoms with Crippen LogP contribution in [0.5, 0.6) is 11.5 Å². The zero-order valence-corrected chi connectivity index (χ0v) is 19.9. The van der Waals surface area contributed by atoms with E-state index in [1.165, 1.54) is 12.8 Å². The van der Waals surface area contributed by atoms with Crippen molar-refractivity contribution >= 4 is 17.3 Å². The summed E-state index contributed by atoms with van der Waals surface area (Å²) in [5.41, 5.74) is 1.99. The molecule has 0 aliphatic rings. The summed E-state index contributed by atoms with van der Waals surface area (Å²) < 4.78 is 16.6. The van der Waals surface area contributed by atoms with Crippen molar-refractivity contribution in [2.24, 2.45) is 10.2 Å². The van der Waals surface area contributed by atoms with Crippen molar-refractivity contribution in [2.45, 2.75) is 58.8 Å². The van der Waals surface area contributed by atoms with E-state index in [0.29, 0.717) is 18.8 Å². The maximum atomic E-state index is 11.3. The van der Waals surface area contributed by atoms with Gasteiger partial charge < -0.3 is 14.2 Å². The molecule has 0 aromatic heterocycles. The van der Waals surface area contributed by atoms with Crippen molar-refractivity contribution < 1.29 is 19.0 Å². The Morgan fingerprint density at radius 3 is 1.64 bits per heavy atom. The van der Waals surface area contributed by atoms with Crippen molar-refractivity contribution in [3.63, 3.8) is 0 Å². The minimum Gasteiger partial charge on any atom is -0.494 e. The second-order valence-corrected chi connectivity index (χ2v) is 7.92. The molecule has 33 heavy (non-hydrogen) atoms. The maximum absolute atomic E-state index is 11.3. The predicted molar refractivity (Wildman–Crippen MR) is 132 cm³/mol. The first-order valence-electron chi connectivity index (χ1n) is 11.8. The lowest BCUT2D eigenvalue weighted by Gasteiger charge is -2.07. The van der Waals surface area contributed by atoms with E-state index in [-0.39, 0.29) is 5.97 Å². The average molecular weight is 453 g/mol. The number of rotatable bonds is 16. The maximum Gasteiger partial charge on any atom is 0.333 e. The van der Waals surface area contributed by atoms with Crippen LogP contribution in [0.1, 0.15) is 58.8 Å². The number of carbonyl (C=O) groups excluding carboxylic acids is 1. The topological polar surface area (TPSA) is 69.5 Å². The van der Waals surface area contributed by atoms with E-state index >= 15 is 0 Å². The van der Waals surface area contributed by atoms with Crippen molar-refractivity contribution in [1.29, 1.82) is 0 Å². The summed E-state index contributed by atoms with van der Waals surface area (Å²) in [7, 11) is 0. The second-order valence-electron chi connectivity index (χ2n) is 7.92. The highest BCUT2D eigenvalue weighted by molar-refractivity contribution is 5.86. The first-order valence-corrected chi connectivity index (χ1v) is 11.8. The van der Waals surface area contributed by atoms with Crippen molar-refractivity contribution in [3.8, 4) is 11.5 Å². The van der Waals surface area contributed by atoms with Gasteiger partial charge in [-0.3, -0.25) is 0 Å². The molecular weight excluding hydrogens is 416 g/mol. The summed E-state index contributed by atoms with van der Waals surface area (Å²) >= 11 is 0. The van der Waals surface area contributed by atoms with E-state index < -0.39 is 0 Å². The molecule has 0 aliphatic heterocycles. The molecule has 0 spiro atoms. The lowest BCUT2D eigenvalue weighted by molar-refractivity contribution is -0.139. The van der Waals surface area contributed by atoms with Crippen LogP contribution in [0, 0.1) is 0 Å². The monoisotopic (exact) mass is 452 g/mol. The first-order chi connectivity index (χ1) is 16.1. The Morgan fingerprint density at radius 1 is 0.727 bits per heavy atom. The van der Waals surface area contributed by atoms with Crippen LogP contribution in [0.25, 0.3) is 0 Å². The molecule has 0 atom stereocenters. The quantitative estimate of drug-likeness (QED) is 0.113. The van der Waals surface area contributed by atoms with Gasteiger partial charge in [-0.2, -0.15) is 10.2 Å². The second kappa shape index (κ2) is 15.6. The number of benzene rings is 2. The van der Waals surface area contributed by atoms with Gasteiger partial charge in [0.1, 0.15) is 11.5 Å². The predicted octanol–water partition coefficient (Wildman–Crippen LogP) is 7.73. The highest BCUT2D eigenvalue weighted by Crippen LogP contribution is 2.23. The number of unbranched alkanes of at least 4 members (excludes halogenated alkanes) is 5. The van der Waals surface area contributed by atoms with Crippen molar-refractivity contribution in [3.05, 3.63) is 60.7 Å². The molecule has 0 fully saturated rings. The van der Waals surface area contributed by atoms with Crippen LogP contribution in [-0.4, -0.2) is 25.8 Å². The number of hydrogen-bond acceptors (Lipinski definition) is 6. The number of ether oxygens (including phenoxy) is 3. The molecule has 0 unspecified atom stereocenters. The number of carbonyl (C=O) groups is 1. The van der Waals surface area contributed by atoms with Gasteiger partial charge in [-0.25, -0.2) is 4.79 Å². The Labute approximate surface area is 197 Å². The summed E-state index contributed by atoms with van der Waals surface area (Å²) in [5, 5.41) is 8.56. The van der Waals surface area contributed by atoms with Crippen LogP contribution in [0.2, 0.25) is 0 Å². The average Bonchev–Trinajstić information content (AvgIpc) is 2.83. The number of azo groups is 1. The molecule has 0 saturated heterocycles. The molecule has 0 saturated carbocycles. The van der Waals surface area contributed by atoms with Gasteiger partial charge >= 0.3 is 5.97 Å². The Morgan fingerprint density at radius 2 is 1.18 bits per heavy atom. The number of nitrogens with zero attached hydrogens (tertiary/aromatic N) is 2. The van der Waals surface area contributed by atoms with E-state index in [4.69, 9.17) is 14.2 Å². The summed E-state index contributed by atoms with van der Waals surface area (Å²) in [6, 6.07) is 15.2. The van der Waals surface area contributed by atoms with Gasteiger partial charge in [0.05, 0.1) is 31.2 Å². The summed E-state index contributed by atoms with van der Waals surface area (Å²) in [6.07, 6.45) is 7.28. The molecule has 0 radical (unpaired) electrons. The number of esters is 1. The molecule has 0 N–H and O–H groups in total. The minimum absolute atomic E-state index is 0.318. The van der Waals surface area contributed by atoms with E-state index in [2.05, 4.69) is 23.7 Å². The standard InChI is InChI=1S/C27H36N2O4/c1-4-5-8-19-31-25-15-11-23(12-16-25)28-29-24-13-17-26(18-14-24)32-20-9-6-7-10-21-33-27(30)22(2)3/h11-18H,2,4-10,19-21H2,1,3H3. The van der Waals surface area contributed by atoms with Crippen LogP contribution >= 0.6 is 0 Å². The molecule has 0 bridgehead atoms. The van der Waals surface area contributed by atoms with E-state index in [1.54, 1.807) is 6.92 Å². The van der Waals surface area contributed by atoms with E-state index in [0.717, 1.165) is 61.6 Å². The van der Waals surface area contributed by atoms with Gasteiger partial charge in [0, 0.05) is 5.57 Å². The third-order valence-corrected chi connectivity index (χ3v) is 4.86. The Hall–Kier alpha value is -3.15. The summed E-state index contributed by atoms with van der Waals surface area (Å²) in [4.78, 5) is 11.3. The molecule has 0 heterocycles. The molecule has 6 nitrogen and oxygen atoms in total. The Bertz CT molecular complexity index is 861. The minimum atomic E-state index is -0.318. The van der Waals surface area contributed by atoms with Crippen molar-refractivity contribution in [1.82, 2.24) is 0 Å². The summed E-state index contributed by atoms with van der Waals surface area (Å²) in [5.74, 6) is 1.36. The molecule has 178 valence electrons. The largest absolute Gasteiger partial charge is 0.494 e. The third-order valence-electron chi connectivity index (χ3n) is 4.86. The number of hydrogen-bond donors (Lipinski definition) is 0.